The highest BCUT2D eigenvalue weighted by atomic mass is 35.5. The molecule has 0 fully saturated rings. The highest BCUT2D eigenvalue weighted by Crippen LogP contribution is 2.17. The molecular formula is C12H17ClN2O4S2. The summed E-state index contributed by atoms with van der Waals surface area (Å²) < 4.78 is 4.64. The minimum atomic E-state index is -1.12. The number of hydrazine groups is 1. The van der Waals surface area contributed by atoms with Gasteiger partial charge >= 0.3 is 12.1 Å². The summed E-state index contributed by atoms with van der Waals surface area (Å²) in [6, 6.07) is 3.54. The summed E-state index contributed by atoms with van der Waals surface area (Å²) in [7, 11) is 1.34. The smallest absolute Gasteiger partial charge is 0.419 e. The Morgan fingerprint density at radius 3 is 2.95 bits per heavy atom. The van der Waals surface area contributed by atoms with Crippen LogP contribution < -0.4 is 5.43 Å². The zero-order valence-corrected chi connectivity index (χ0v) is 13.9. The lowest BCUT2D eigenvalue weighted by atomic mass is 10.3. The van der Waals surface area contributed by atoms with Gasteiger partial charge in [-0.05, 0) is 18.6 Å². The number of carboxylic acid groups (broad SMARTS) is 1. The Labute approximate surface area is 135 Å². The van der Waals surface area contributed by atoms with Crippen LogP contribution in [0.4, 0.5) is 4.79 Å². The molecule has 0 aliphatic carbocycles. The molecule has 0 aromatic carbocycles. The quantitative estimate of drug-likeness (QED) is 0.219. The molecule has 0 aliphatic rings. The lowest BCUT2D eigenvalue weighted by Crippen LogP contribution is -2.41. The molecule has 1 heterocycles. The number of carbonyl (C=O) groups is 2. The van der Waals surface area contributed by atoms with Gasteiger partial charge in [0.1, 0.15) is 4.88 Å². The Hall–Kier alpha value is -1.09. The average Bonchev–Trinajstić information content (AvgIpc) is 2.92. The fourth-order valence-electron chi connectivity index (χ4n) is 1.42. The zero-order chi connectivity index (χ0) is 15.7. The Bertz CT molecular complexity index is 507. The summed E-state index contributed by atoms with van der Waals surface area (Å²) in [6.45, 7) is 0.475. The van der Waals surface area contributed by atoms with Gasteiger partial charge in [-0.1, -0.05) is 0 Å². The number of halogens is 1. The van der Waals surface area contributed by atoms with Gasteiger partial charge in [0.25, 0.3) is 0 Å². The van der Waals surface area contributed by atoms with Gasteiger partial charge in [0.05, 0.1) is 7.11 Å². The van der Waals surface area contributed by atoms with E-state index in [1.807, 2.05) is 6.07 Å². The van der Waals surface area contributed by atoms with Gasteiger partial charge in [0.2, 0.25) is 0 Å². The molecule has 118 valence electrons. The summed E-state index contributed by atoms with van der Waals surface area (Å²) in [5.74, 6) is 0.913. The largest absolute Gasteiger partial charge is 0.465 e. The summed E-state index contributed by atoms with van der Waals surface area (Å²) in [4.78, 5) is 23.6. The Kier molecular flexibility index (Phi) is 8.36. The van der Waals surface area contributed by atoms with E-state index in [9.17, 15) is 9.59 Å². The summed E-state index contributed by atoms with van der Waals surface area (Å²) >= 11 is 7.87. The lowest BCUT2D eigenvalue weighted by molar-refractivity contribution is 0.0606. The van der Waals surface area contributed by atoms with E-state index in [1.165, 1.54) is 23.5 Å². The highest BCUT2D eigenvalue weighted by Gasteiger charge is 2.10. The molecule has 0 saturated carbocycles. The molecule has 1 aromatic heterocycles. The van der Waals surface area contributed by atoms with Crippen LogP contribution >= 0.6 is 34.3 Å². The van der Waals surface area contributed by atoms with Crippen molar-refractivity contribution >= 4 is 51.8 Å². The molecule has 2 N–H and O–H groups in total. The van der Waals surface area contributed by atoms with Crippen molar-refractivity contribution in [2.45, 2.75) is 6.42 Å². The molecule has 0 unspecified atom stereocenters. The number of nitrogens with zero attached hydrogens (tertiary/aromatic N) is 1. The molecule has 0 spiro atoms. The van der Waals surface area contributed by atoms with Crippen molar-refractivity contribution in [3.05, 3.63) is 21.9 Å². The number of hydrogen-bond acceptors (Lipinski definition) is 4. The summed E-state index contributed by atoms with van der Waals surface area (Å²) in [5.41, 5.74) is 4.05. The zero-order valence-electron chi connectivity index (χ0n) is 11.4. The molecule has 0 aliphatic heterocycles. The van der Waals surface area contributed by atoms with E-state index in [0.29, 0.717) is 23.7 Å². The summed E-state index contributed by atoms with van der Waals surface area (Å²) in [5, 5.41) is 10.3. The molecule has 0 bridgehead atoms. The van der Waals surface area contributed by atoms with Gasteiger partial charge < -0.3 is 9.84 Å². The second kappa shape index (κ2) is 9.78. The van der Waals surface area contributed by atoms with Gasteiger partial charge in [0, 0.05) is 28.5 Å². The van der Waals surface area contributed by atoms with Crippen molar-refractivity contribution in [3.8, 4) is 0 Å². The molecule has 0 radical (unpaired) electrons. The van der Waals surface area contributed by atoms with Crippen molar-refractivity contribution in [3.63, 3.8) is 0 Å². The lowest BCUT2D eigenvalue weighted by Gasteiger charge is -2.16. The number of carbonyl (C=O) groups excluding carboxylic acids is 1. The molecule has 6 nitrogen and oxygen atoms in total. The number of nitrogens with one attached hydrogen (secondary N) is 1. The molecule has 21 heavy (non-hydrogen) atoms. The van der Waals surface area contributed by atoms with Gasteiger partial charge in [-0.2, -0.15) is 16.4 Å². The molecule has 9 heteroatoms. The predicted octanol–water partition coefficient (Wildman–Crippen LogP) is 2.03. The fraction of sp³-hybridized carbons (Fsp3) is 0.417. The third-order valence-corrected chi connectivity index (χ3v) is 4.82. The minimum Gasteiger partial charge on any atom is -0.465 e. The van der Waals surface area contributed by atoms with E-state index >= 15 is 0 Å². The van der Waals surface area contributed by atoms with Crippen molar-refractivity contribution in [2.75, 3.05) is 25.3 Å². The number of thiophene rings is 1. The van der Waals surface area contributed by atoms with Crippen LogP contribution in [-0.2, 0) is 11.2 Å². The maximum Gasteiger partial charge on any atom is 0.419 e. The molecular weight excluding hydrogens is 336 g/mol. The molecule has 1 rings (SSSR count). The number of alkyl halides is 1. The number of ether oxygens (including phenoxy) is 1. The van der Waals surface area contributed by atoms with E-state index in [-0.39, 0.29) is 5.97 Å². The van der Waals surface area contributed by atoms with Crippen molar-refractivity contribution < 1.29 is 19.4 Å². The van der Waals surface area contributed by atoms with Crippen LogP contribution in [0.25, 0.3) is 0 Å². The Morgan fingerprint density at radius 2 is 2.33 bits per heavy atom. The van der Waals surface area contributed by atoms with Gasteiger partial charge in [0.15, 0.2) is 0 Å². The predicted molar refractivity (Wildman–Crippen MR) is 87.9 cm³/mol. The molecule has 0 atom stereocenters. The van der Waals surface area contributed by atoms with E-state index in [4.69, 9.17) is 16.7 Å². The summed E-state index contributed by atoms with van der Waals surface area (Å²) in [6.07, 6.45) is -0.497. The van der Waals surface area contributed by atoms with E-state index in [0.717, 1.165) is 22.0 Å². The molecule has 0 saturated heterocycles. The first-order valence-corrected chi connectivity index (χ1v) is 8.56. The van der Waals surface area contributed by atoms with Crippen LogP contribution in [0.1, 0.15) is 14.5 Å². The molecule has 1 amide bonds. The topological polar surface area (TPSA) is 78.9 Å². The van der Waals surface area contributed by atoms with Crippen LogP contribution in [0.2, 0.25) is 0 Å². The number of thiol groups is 1. The maximum atomic E-state index is 11.4. The van der Waals surface area contributed by atoms with E-state index in [2.05, 4.69) is 10.2 Å². The number of rotatable bonds is 8. The van der Waals surface area contributed by atoms with Crippen LogP contribution in [0.5, 0.6) is 0 Å². The monoisotopic (exact) mass is 352 g/mol. The number of amides is 1. The third-order valence-electron chi connectivity index (χ3n) is 2.32. The standard InChI is InChI=1S/C12H17ClN2O4S2/c1-19-11(16)10-3-2-9(21-10)4-6-15(14-12(17)18)8-20-7-5-13/h2-3,8,14,20H,4-7H2,1H3,(H,17,18). The highest BCUT2D eigenvalue weighted by molar-refractivity contribution is 7.97. The number of hydrogen-bond donors (Lipinski definition) is 3. The normalized spacial score (nSPS) is 11.4. The Balaban J connectivity index is 2.57. The van der Waals surface area contributed by atoms with Gasteiger partial charge in [-0.25, -0.2) is 15.0 Å². The second-order valence-electron chi connectivity index (χ2n) is 3.83. The number of esters is 1. The second-order valence-corrected chi connectivity index (χ2v) is 6.42. The third kappa shape index (κ3) is 6.94. The van der Waals surface area contributed by atoms with Crippen molar-refractivity contribution in [1.29, 1.82) is 0 Å². The van der Waals surface area contributed by atoms with Gasteiger partial charge in [-0.3, -0.25) is 0 Å². The van der Waals surface area contributed by atoms with Crippen molar-refractivity contribution in [1.82, 2.24) is 10.4 Å². The Morgan fingerprint density at radius 1 is 1.57 bits per heavy atom. The van der Waals surface area contributed by atoms with Gasteiger partial charge in [-0.15, -0.1) is 22.9 Å². The van der Waals surface area contributed by atoms with Crippen LogP contribution in [0.15, 0.2) is 12.1 Å². The van der Waals surface area contributed by atoms with Crippen molar-refractivity contribution in [2.24, 2.45) is 0 Å². The first kappa shape index (κ1) is 18.0. The SMILES string of the molecule is COC(=O)c1ccc(CCN(C=[SH]CCCl)NC(=O)O)s1. The fourth-order valence-corrected chi connectivity index (χ4v) is 3.21. The first-order chi connectivity index (χ1) is 10.1. The van der Waals surface area contributed by atoms with Crippen LogP contribution in [-0.4, -0.2) is 53.0 Å². The van der Waals surface area contributed by atoms with E-state index in [1.54, 1.807) is 11.6 Å². The first-order valence-electron chi connectivity index (χ1n) is 6.06. The maximum absolute atomic E-state index is 11.4. The average molecular weight is 353 g/mol. The molecule has 1 aromatic rings. The number of methoxy groups -OCH3 is 1. The van der Waals surface area contributed by atoms with E-state index < -0.39 is 6.09 Å². The van der Waals surface area contributed by atoms with Crippen LogP contribution in [0.3, 0.4) is 0 Å². The van der Waals surface area contributed by atoms with Crippen LogP contribution in [0, 0.1) is 0 Å². The minimum absolute atomic E-state index is 0.362.